The number of ether oxygens (including phenoxy) is 2. The number of nitroso groups, excluding NO2 is 1. The summed E-state index contributed by atoms with van der Waals surface area (Å²) in [6.45, 7) is 0. The van der Waals surface area contributed by atoms with Crippen LogP contribution in [-0.4, -0.2) is 14.2 Å². The molecule has 0 aliphatic carbocycles. The number of nitrogens with zero attached hydrogens (tertiary/aromatic N) is 3. The third-order valence-electron chi connectivity index (χ3n) is 3.37. The van der Waals surface area contributed by atoms with Crippen molar-refractivity contribution in [3.8, 4) is 17.6 Å². The molecule has 2 rings (SSSR count). The molecule has 0 saturated carbocycles. The number of methoxy groups -OCH3 is 2. The molecule has 0 heterocycles. The topological polar surface area (TPSA) is 74.9 Å². The van der Waals surface area contributed by atoms with Crippen LogP contribution in [0.25, 0.3) is 0 Å². The van der Waals surface area contributed by atoms with Gasteiger partial charge in [-0.05, 0) is 29.8 Å². The molecule has 6 nitrogen and oxygen atoms in total. The van der Waals surface area contributed by atoms with Crippen LogP contribution < -0.4 is 14.5 Å². The zero-order valence-corrected chi connectivity index (χ0v) is 13.5. The predicted octanol–water partition coefficient (Wildman–Crippen LogP) is 3.84. The molecule has 0 unspecified atom stereocenters. The monoisotopic (exact) mass is 323 g/mol. The lowest BCUT2D eigenvalue weighted by atomic mass is 10.1. The van der Waals surface area contributed by atoms with Gasteiger partial charge in [0, 0.05) is 12.6 Å². The maximum absolute atomic E-state index is 11.1. The minimum absolute atomic E-state index is 0.343. The third kappa shape index (κ3) is 4.11. The summed E-state index contributed by atoms with van der Waals surface area (Å²) in [5.41, 5.74) is 1.84. The molecule has 0 radical (unpaired) electrons. The van der Waals surface area contributed by atoms with Gasteiger partial charge in [-0.1, -0.05) is 24.3 Å². The Hall–Kier alpha value is -3.33. The number of nitriles is 1. The Labute approximate surface area is 140 Å². The van der Waals surface area contributed by atoms with Crippen molar-refractivity contribution in [3.63, 3.8) is 0 Å². The van der Waals surface area contributed by atoms with Crippen LogP contribution >= 0.6 is 0 Å². The first-order valence-corrected chi connectivity index (χ1v) is 7.21. The first-order valence-electron chi connectivity index (χ1n) is 7.21. The van der Waals surface area contributed by atoms with Crippen molar-refractivity contribution in [2.75, 3.05) is 19.2 Å². The van der Waals surface area contributed by atoms with Crippen LogP contribution in [0.3, 0.4) is 0 Å². The summed E-state index contributed by atoms with van der Waals surface area (Å²) in [7, 11) is 3.11. The van der Waals surface area contributed by atoms with E-state index in [-0.39, 0.29) is 0 Å². The van der Waals surface area contributed by atoms with E-state index >= 15 is 0 Å². The minimum atomic E-state index is 0.343. The molecule has 122 valence electrons. The summed E-state index contributed by atoms with van der Waals surface area (Å²) in [5, 5.41) is 13.5. The first-order chi connectivity index (χ1) is 11.7. The van der Waals surface area contributed by atoms with Gasteiger partial charge in [0.15, 0.2) is 11.5 Å². The molecule has 0 aliphatic rings. The summed E-state index contributed by atoms with van der Waals surface area (Å²) in [4.78, 5) is 11.1. The van der Waals surface area contributed by atoms with Crippen molar-refractivity contribution in [2.24, 2.45) is 5.29 Å². The third-order valence-corrected chi connectivity index (χ3v) is 3.37. The maximum atomic E-state index is 11.1. The van der Waals surface area contributed by atoms with Gasteiger partial charge in [0.1, 0.15) is 0 Å². The van der Waals surface area contributed by atoms with Crippen LogP contribution in [0.5, 0.6) is 11.5 Å². The highest BCUT2D eigenvalue weighted by molar-refractivity contribution is 5.50. The van der Waals surface area contributed by atoms with Crippen LogP contribution in [-0.2, 0) is 6.42 Å². The van der Waals surface area contributed by atoms with E-state index in [1.807, 2.05) is 12.1 Å². The molecule has 0 amide bonds. The Kier molecular flexibility index (Phi) is 5.92. The van der Waals surface area contributed by atoms with E-state index in [0.717, 1.165) is 10.6 Å². The predicted molar refractivity (Wildman–Crippen MR) is 91.7 cm³/mol. The van der Waals surface area contributed by atoms with Gasteiger partial charge < -0.3 is 9.47 Å². The smallest absolute Gasteiger partial charge is 0.160 e. The van der Waals surface area contributed by atoms with Crippen molar-refractivity contribution in [1.29, 1.82) is 5.26 Å². The summed E-state index contributed by atoms with van der Waals surface area (Å²) >= 11 is 0. The van der Waals surface area contributed by atoms with Crippen LogP contribution in [0.1, 0.15) is 5.56 Å². The summed E-state index contributed by atoms with van der Waals surface area (Å²) < 4.78 is 10.5. The lowest BCUT2D eigenvalue weighted by Gasteiger charge is -2.12. The van der Waals surface area contributed by atoms with E-state index in [0.29, 0.717) is 29.2 Å². The van der Waals surface area contributed by atoms with Crippen molar-refractivity contribution in [2.45, 2.75) is 6.42 Å². The van der Waals surface area contributed by atoms with Crippen LogP contribution in [0.15, 0.2) is 65.6 Å². The number of allylic oxidation sites excluding steroid dienone is 1. The van der Waals surface area contributed by atoms with Crippen molar-refractivity contribution in [1.82, 2.24) is 0 Å². The number of benzene rings is 2. The Morgan fingerprint density at radius 1 is 1.17 bits per heavy atom. The molecule has 0 aliphatic heterocycles. The number of hydrogen-bond donors (Lipinski definition) is 0. The fourth-order valence-corrected chi connectivity index (χ4v) is 2.20. The molecular weight excluding hydrogens is 306 g/mol. The molecule has 2 aromatic carbocycles. The Bertz CT molecular complexity index is 767. The molecule has 24 heavy (non-hydrogen) atoms. The molecule has 0 fully saturated rings. The Balaban J connectivity index is 2.25. The molecule has 0 saturated heterocycles. The summed E-state index contributed by atoms with van der Waals surface area (Å²) in [6.07, 6.45) is 1.77. The van der Waals surface area contributed by atoms with Crippen LogP contribution in [0.4, 0.5) is 5.69 Å². The summed E-state index contributed by atoms with van der Waals surface area (Å²) in [6, 6.07) is 16.4. The van der Waals surface area contributed by atoms with E-state index < -0.39 is 0 Å². The molecule has 0 N–H and O–H groups in total. The number of rotatable bonds is 7. The Morgan fingerprint density at radius 2 is 1.88 bits per heavy atom. The zero-order chi connectivity index (χ0) is 17.4. The van der Waals surface area contributed by atoms with E-state index in [9.17, 15) is 10.2 Å². The quantitative estimate of drug-likeness (QED) is 0.439. The second kappa shape index (κ2) is 8.34. The number of para-hydroxylation sites is 1. The molecule has 0 bridgehead atoms. The van der Waals surface area contributed by atoms with Gasteiger partial charge in [-0.2, -0.15) is 5.26 Å². The molecule has 0 atom stereocenters. The number of anilines is 1. The van der Waals surface area contributed by atoms with E-state index in [1.54, 1.807) is 50.6 Å². The zero-order valence-electron chi connectivity index (χ0n) is 13.5. The van der Waals surface area contributed by atoms with Gasteiger partial charge in [-0.15, -0.1) is 4.91 Å². The van der Waals surface area contributed by atoms with Gasteiger partial charge in [0.2, 0.25) is 0 Å². The van der Waals surface area contributed by atoms with E-state index in [4.69, 9.17) is 9.47 Å². The minimum Gasteiger partial charge on any atom is -0.493 e. The molecular formula is C18H17N3O3. The van der Waals surface area contributed by atoms with Gasteiger partial charge in [0.05, 0.1) is 36.8 Å². The second-order valence-electron chi connectivity index (χ2n) is 4.89. The molecule has 6 heteroatoms. The Morgan fingerprint density at radius 3 is 2.46 bits per heavy atom. The first kappa shape index (κ1) is 17.0. The lowest BCUT2D eigenvalue weighted by Crippen LogP contribution is -2.08. The van der Waals surface area contributed by atoms with E-state index in [1.165, 1.54) is 6.20 Å². The van der Waals surface area contributed by atoms with Gasteiger partial charge in [0.25, 0.3) is 0 Å². The fourth-order valence-electron chi connectivity index (χ4n) is 2.20. The van der Waals surface area contributed by atoms with Crippen molar-refractivity contribution < 1.29 is 9.47 Å². The highest BCUT2D eigenvalue weighted by Crippen LogP contribution is 2.28. The van der Waals surface area contributed by atoms with E-state index in [2.05, 4.69) is 11.4 Å². The van der Waals surface area contributed by atoms with Gasteiger partial charge in [-0.25, -0.2) is 5.01 Å². The highest BCUT2D eigenvalue weighted by Gasteiger charge is 2.09. The standard InChI is InChI=1S/C18H17N3O3/c1-23-17-9-8-14(11-18(17)24-2)10-15(12-19)13-21(20-22)16-6-4-3-5-7-16/h3-9,11,13H,10H2,1-2H3/b15-13-. The van der Waals surface area contributed by atoms with Crippen molar-refractivity contribution in [3.05, 3.63) is 70.8 Å². The SMILES string of the molecule is COc1ccc(C/C(C#N)=C/N(N=O)c2ccccc2)cc1OC. The summed E-state index contributed by atoms with van der Waals surface area (Å²) in [5.74, 6) is 1.20. The van der Waals surface area contributed by atoms with Gasteiger partial charge in [-0.3, -0.25) is 0 Å². The van der Waals surface area contributed by atoms with Crippen LogP contribution in [0.2, 0.25) is 0 Å². The highest BCUT2D eigenvalue weighted by atomic mass is 16.5. The average molecular weight is 323 g/mol. The normalized spacial score (nSPS) is 10.6. The fraction of sp³-hybridized carbons (Fsp3) is 0.167. The van der Waals surface area contributed by atoms with Crippen molar-refractivity contribution >= 4 is 5.69 Å². The van der Waals surface area contributed by atoms with Crippen LogP contribution in [0, 0.1) is 16.2 Å². The second-order valence-corrected chi connectivity index (χ2v) is 4.89. The largest absolute Gasteiger partial charge is 0.493 e. The molecule has 2 aromatic rings. The average Bonchev–Trinajstić information content (AvgIpc) is 2.65. The maximum Gasteiger partial charge on any atom is 0.160 e. The van der Waals surface area contributed by atoms with Gasteiger partial charge >= 0.3 is 0 Å². The molecule has 0 spiro atoms. The molecule has 0 aromatic heterocycles. The number of hydrogen-bond acceptors (Lipinski definition) is 5. The lowest BCUT2D eigenvalue weighted by molar-refractivity contribution is 0.354.